The van der Waals surface area contributed by atoms with Gasteiger partial charge in [-0.2, -0.15) is 4.31 Å². The van der Waals surface area contributed by atoms with Gasteiger partial charge in [0.05, 0.1) is 12.3 Å². The number of carbonyl (C=O) groups excluding carboxylic acids is 1. The fourth-order valence-electron chi connectivity index (χ4n) is 1.56. The lowest BCUT2D eigenvalue weighted by Gasteiger charge is -2.19. The van der Waals surface area contributed by atoms with E-state index in [4.69, 9.17) is 0 Å². The minimum Gasteiger partial charge on any atom is -0.345 e. The van der Waals surface area contributed by atoms with E-state index in [0.717, 1.165) is 0 Å². The van der Waals surface area contributed by atoms with Crippen LogP contribution in [0, 0.1) is 0 Å². The van der Waals surface area contributed by atoms with E-state index in [1.54, 1.807) is 19.0 Å². The third kappa shape index (κ3) is 3.43. The Morgan fingerprint density at radius 1 is 1.38 bits per heavy atom. The second kappa shape index (κ2) is 5.60. The highest BCUT2D eigenvalue weighted by molar-refractivity contribution is 7.89. The van der Waals surface area contributed by atoms with Crippen LogP contribution in [0.1, 0.15) is 6.42 Å². The number of likely N-dealkylation sites (N-methyl/N-ethyl adjacent to an activating group) is 1. The molecular weight excluding hydrogens is 230 g/mol. The molecule has 1 aliphatic heterocycles. The monoisotopic (exact) mass is 249 g/mol. The molecule has 0 radical (unpaired) electrons. The van der Waals surface area contributed by atoms with Crippen molar-refractivity contribution in [1.29, 1.82) is 0 Å². The molecule has 0 atom stereocenters. The maximum Gasteiger partial charge on any atom is 0.237 e. The van der Waals surface area contributed by atoms with Crippen molar-refractivity contribution < 1.29 is 13.2 Å². The van der Waals surface area contributed by atoms with E-state index in [9.17, 15) is 13.2 Å². The molecule has 0 aliphatic carbocycles. The summed E-state index contributed by atoms with van der Waals surface area (Å²) in [6.07, 6.45) is 0.695. The van der Waals surface area contributed by atoms with Gasteiger partial charge in [0.25, 0.3) is 0 Å². The molecule has 1 N–H and O–H groups in total. The molecule has 7 heteroatoms. The van der Waals surface area contributed by atoms with Gasteiger partial charge in [-0.15, -0.1) is 0 Å². The van der Waals surface area contributed by atoms with Crippen LogP contribution in [0.25, 0.3) is 0 Å². The Balaban J connectivity index is 2.68. The van der Waals surface area contributed by atoms with E-state index in [0.29, 0.717) is 26.1 Å². The van der Waals surface area contributed by atoms with Crippen LogP contribution in [0.2, 0.25) is 0 Å². The number of sulfonamides is 1. The van der Waals surface area contributed by atoms with Gasteiger partial charge >= 0.3 is 0 Å². The summed E-state index contributed by atoms with van der Waals surface area (Å²) < 4.78 is 25.0. The molecule has 1 aliphatic rings. The Morgan fingerprint density at radius 2 is 2.06 bits per heavy atom. The smallest absolute Gasteiger partial charge is 0.237 e. The van der Waals surface area contributed by atoms with Crippen LogP contribution >= 0.6 is 0 Å². The quantitative estimate of drug-likeness (QED) is 0.672. The number of carbonyl (C=O) groups is 1. The third-order valence-corrected chi connectivity index (χ3v) is 4.46. The third-order valence-electron chi connectivity index (χ3n) is 2.64. The van der Waals surface area contributed by atoms with E-state index in [-0.39, 0.29) is 18.2 Å². The number of hydrogen-bond acceptors (Lipinski definition) is 4. The van der Waals surface area contributed by atoms with E-state index < -0.39 is 10.0 Å². The SMILES string of the molecule is CNCCS(=O)(=O)N1CCCN(C)C(=O)C1. The summed E-state index contributed by atoms with van der Waals surface area (Å²) >= 11 is 0. The Bertz CT molecular complexity index is 342. The van der Waals surface area contributed by atoms with Gasteiger partial charge in [-0.05, 0) is 13.5 Å². The van der Waals surface area contributed by atoms with Crippen molar-refractivity contribution in [2.45, 2.75) is 6.42 Å². The second-order valence-corrected chi connectivity index (χ2v) is 6.01. The summed E-state index contributed by atoms with van der Waals surface area (Å²) in [5.74, 6) is -0.0916. The summed E-state index contributed by atoms with van der Waals surface area (Å²) in [6.45, 7) is 1.43. The van der Waals surface area contributed by atoms with Gasteiger partial charge in [-0.3, -0.25) is 4.79 Å². The van der Waals surface area contributed by atoms with Gasteiger partial charge in [-0.25, -0.2) is 8.42 Å². The van der Waals surface area contributed by atoms with Crippen LogP contribution < -0.4 is 5.32 Å². The van der Waals surface area contributed by atoms with Crippen LogP contribution in [-0.4, -0.2) is 69.6 Å². The molecule has 0 spiro atoms. The van der Waals surface area contributed by atoms with Crippen LogP contribution in [-0.2, 0) is 14.8 Å². The van der Waals surface area contributed by atoms with Gasteiger partial charge in [0, 0.05) is 26.7 Å². The average molecular weight is 249 g/mol. The molecule has 6 nitrogen and oxygen atoms in total. The minimum atomic E-state index is -3.30. The Hall–Kier alpha value is -0.660. The lowest BCUT2D eigenvalue weighted by Crippen LogP contribution is -2.40. The highest BCUT2D eigenvalue weighted by atomic mass is 32.2. The molecule has 1 fully saturated rings. The maximum atomic E-state index is 11.9. The standard InChI is InChI=1S/C9H19N3O3S/c1-10-4-7-16(14,15)12-6-3-5-11(2)9(13)8-12/h10H,3-8H2,1-2H3. The highest BCUT2D eigenvalue weighted by Crippen LogP contribution is 2.08. The zero-order chi connectivity index (χ0) is 12.2. The summed E-state index contributed by atoms with van der Waals surface area (Å²) in [7, 11) is 0.104. The normalized spacial score (nSPS) is 19.9. The largest absolute Gasteiger partial charge is 0.345 e. The summed E-state index contributed by atoms with van der Waals surface area (Å²) in [6, 6.07) is 0. The van der Waals surface area contributed by atoms with Crippen molar-refractivity contribution in [1.82, 2.24) is 14.5 Å². The van der Waals surface area contributed by atoms with E-state index in [2.05, 4.69) is 5.32 Å². The lowest BCUT2D eigenvalue weighted by molar-refractivity contribution is -0.129. The molecule has 94 valence electrons. The van der Waals surface area contributed by atoms with Gasteiger partial charge in [0.1, 0.15) is 0 Å². The maximum absolute atomic E-state index is 11.9. The molecular formula is C9H19N3O3S. The number of nitrogens with zero attached hydrogens (tertiary/aromatic N) is 2. The molecule has 0 saturated carbocycles. The number of rotatable bonds is 4. The predicted molar refractivity (Wildman–Crippen MR) is 61.5 cm³/mol. The first-order valence-electron chi connectivity index (χ1n) is 5.34. The molecule has 1 amide bonds. The zero-order valence-corrected chi connectivity index (χ0v) is 10.6. The van der Waals surface area contributed by atoms with E-state index in [1.807, 2.05) is 0 Å². The zero-order valence-electron chi connectivity index (χ0n) is 9.77. The van der Waals surface area contributed by atoms with Crippen molar-refractivity contribution in [2.75, 3.05) is 46.0 Å². The molecule has 0 bridgehead atoms. The second-order valence-electron chi connectivity index (χ2n) is 3.92. The number of amides is 1. The Kier molecular flexibility index (Phi) is 4.69. The molecule has 0 aromatic heterocycles. The Labute approximate surface area is 96.6 Å². The van der Waals surface area contributed by atoms with E-state index >= 15 is 0 Å². The number of nitrogens with one attached hydrogen (secondary N) is 1. The first kappa shape index (κ1) is 13.4. The fourth-order valence-corrected chi connectivity index (χ4v) is 2.99. The highest BCUT2D eigenvalue weighted by Gasteiger charge is 2.27. The summed E-state index contributed by atoms with van der Waals surface area (Å²) in [5, 5.41) is 2.80. The predicted octanol–water partition coefficient (Wildman–Crippen LogP) is -1.30. The van der Waals surface area contributed by atoms with Gasteiger partial charge in [0.15, 0.2) is 0 Å². The molecule has 1 heterocycles. The van der Waals surface area contributed by atoms with Crippen LogP contribution in [0.4, 0.5) is 0 Å². The van der Waals surface area contributed by atoms with Crippen LogP contribution in [0.5, 0.6) is 0 Å². The topological polar surface area (TPSA) is 69.7 Å². The number of hydrogen-bond donors (Lipinski definition) is 1. The van der Waals surface area contributed by atoms with Crippen molar-refractivity contribution in [3.05, 3.63) is 0 Å². The first-order valence-corrected chi connectivity index (χ1v) is 6.94. The first-order chi connectivity index (χ1) is 7.47. The summed E-state index contributed by atoms with van der Waals surface area (Å²) in [5.41, 5.74) is 0. The molecule has 16 heavy (non-hydrogen) atoms. The summed E-state index contributed by atoms with van der Waals surface area (Å²) in [4.78, 5) is 13.1. The molecule has 0 unspecified atom stereocenters. The molecule has 1 saturated heterocycles. The van der Waals surface area contributed by atoms with Crippen molar-refractivity contribution in [3.8, 4) is 0 Å². The van der Waals surface area contributed by atoms with Crippen molar-refractivity contribution >= 4 is 15.9 Å². The van der Waals surface area contributed by atoms with Gasteiger partial charge < -0.3 is 10.2 Å². The van der Waals surface area contributed by atoms with Crippen LogP contribution in [0.15, 0.2) is 0 Å². The average Bonchev–Trinajstić information content (AvgIpc) is 2.39. The Morgan fingerprint density at radius 3 is 2.69 bits per heavy atom. The van der Waals surface area contributed by atoms with Crippen molar-refractivity contribution in [2.24, 2.45) is 0 Å². The van der Waals surface area contributed by atoms with Gasteiger partial charge in [-0.1, -0.05) is 0 Å². The molecule has 0 aromatic rings. The van der Waals surface area contributed by atoms with E-state index in [1.165, 1.54) is 4.31 Å². The van der Waals surface area contributed by atoms with Gasteiger partial charge in [0.2, 0.25) is 15.9 Å². The van der Waals surface area contributed by atoms with Crippen molar-refractivity contribution in [3.63, 3.8) is 0 Å². The molecule has 0 aromatic carbocycles. The fraction of sp³-hybridized carbons (Fsp3) is 0.889. The lowest BCUT2D eigenvalue weighted by atomic mass is 10.4. The van der Waals surface area contributed by atoms with Crippen LogP contribution in [0.3, 0.4) is 0 Å². The minimum absolute atomic E-state index is 0.0253. The molecule has 1 rings (SSSR count).